The molecule has 0 spiro atoms. The number of aromatic nitrogens is 1. The number of ether oxygens (including phenoxy) is 1. The second kappa shape index (κ2) is 7.50. The van der Waals surface area contributed by atoms with Crippen LogP contribution in [0.4, 0.5) is 13.2 Å². The minimum absolute atomic E-state index is 0.169. The van der Waals surface area contributed by atoms with Crippen LogP contribution in [0.5, 0.6) is 0 Å². The fourth-order valence-corrected chi connectivity index (χ4v) is 3.11. The highest BCUT2D eigenvalue weighted by Gasteiger charge is 2.30. The molecule has 0 bridgehead atoms. The van der Waals surface area contributed by atoms with Crippen molar-refractivity contribution in [3.05, 3.63) is 70.9 Å². The average molecular weight is 389 g/mol. The SMILES string of the molecule is Cc1[nH]c2ccccc2c1C(=O)[C@@H](C)OC(=O)Cc1cccc(C(F)(F)F)c1. The Kier molecular flexibility index (Phi) is 5.27. The lowest BCUT2D eigenvalue weighted by atomic mass is 10.0. The first-order valence-corrected chi connectivity index (χ1v) is 8.64. The molecule has 0 amide bonds. The Morgan fingerprint density at radius 1 is 1.11 bits per heavy atom. The van der Waals surface area contributed by atoms with Crippen molar-refractivity contribution in [2.24, 2.45) is 0 Å². The number of alkyl halides is 3. The van der Waals surface area contributed by atoms with E-state index in [-0.39, 0.29) is 17.8 Å². The van der Waals surface area contributed by atoms with E-state index in [9.17, 15) is 22.8 Å². The molecule has 3 rings (SSSR count). The van der Waals surface area contributed by atoms with Crippen molar-refractivity contribution in [1.82, 2.24) is 4.98 Å². The minimum atomic E-state index is -4.49. The maximum absolute atomic E-state index is 12.8. The summed E-state index contributed by atoms with van der Waals surface area (Å²) in [6.07, 6.45) is -5.90. The van der Waals surface area contributed by atoms with Crippen LogP contribution < -0.4 is 0 Å². The number of rotatable bonds is 5. The number of nitrogens with one attached hydrogen (secondary N) is 1. The topological polar surface area (TPSA) is 59.2 Å². The van der Waals surface area contributed by atoms with Crippen LogP contribution in [0, 0.1) is 6.92 Å². The summed E-state index contributed by atoms with van der Waals surface area (Å²) in [5.74, 6) is -1.13. The van der Waals surface area contributed by atoms with Gasteiger partial charge in [-0.3, -0.25) is 9.59 Å². The monoisotopic (exact) mass is 389 g/mol. The zero-order valence-corrected chi connectivity index (χ0v) is 15.3. The molecule has 0 aliphatic carbocycles. The third-order valence-electron chi connectivity index (χ3n) is 4.42. The maximum atomic E-state index is 12.8. The molecule has 0 aliphatic rings. The van der Waals surface area contributed by atoms with E-state index in [4.69, 9.17) is 4.74 Å². The van der Waals surface area contributed by atoms with E-state index in [1.165, 1.54) is 19.1 Å². The van der Waals surface area contributed by atoms with Gasteiger partial charge in [0.1, 0.15) is 0 Å². The number of halogens is 3. The Balaban J connectivity index is 1.72. The molecule has 7 heteroatoms. The van der Waals surface area contributed by atoms with Crippen molar-refractivity contribution < 1.29 is 27.5 Å². The molecule has 0 saturated heterocycles. The second-order valence-corrected chi connectivity index (χ2v) is 6.54. The van der Waals surface area contributed by atoms with Crippen LogP contribution in [0.15, 0.2) is 48.5 Å². The highest BCUT2D eigenvalue weighted by atomic mass is 19.4. The van der Waals surface area contributed by atoms with Crippen LogP contribution in [-0.2, 0) is 22.1 Å². The van der Waals surface area contributed by atoms with E-state index in [0.29, 0.717) is 11.3 Å². The lowest BCUT2D eigenvalue weighted by Crippen LogP contribution is -2.25. The molecule has 0 radical (unpaired) electrons. The zero-order valence-electron chi connectivity index (χ0n) is 15.3. The quantitative estimate of drug-likeness (QED) is 0.501. The number of fused-ring (bicyclic) bond motifs is 1. The Hall–Kier alpha value is -3.09. The van der Waals surface area contributed by atoms with Crippen molar-refractivity contribution in [2.75, 3.05) is 0 Å². The Morgan fingerprint density at radius 2 is 1.82 bits per heavy atom. The summed E-state index contributed by atoms with van der Waals surface area (Å²) < 4.78 is 43.5. The van der Waals surface area contributed by atoms with Crippen molar-refractivity contribution in [3.63, 3.8) is 0 Å². The molecular formula is C21H18F3NO3. The van der Waals surface area contributed by atoms with Gasteiger partial charge in [0.25, 0.3) is 0 Å². The van der Waals surface area contributed by atoms with E-state index < -0.39 is 23.8 Å². The Labute approximate surface area is 159 Å². The number of carbonyl (C=O) groups is 2. The van der Waals surface area contributed by atoms with Gasteiger partial charge in [-0.2, -0.15) is 13.2 Å². The molecule has 1 atom stereocenters. The molecular weight excluding hydrogens is 371 g/mol. The molecule has 1 N–H and O–H groups in total. The first kappa shape index (κ1) is 19.7. The summed E-state index contributed by atoms with van der Waals surface area (Å²) in [5, 5.41) is 0.728. The molecule has 0 fully saturated rings. The molecule has 2 aromatic carbocycles. The molecule has 3 aromatic rings. The van der Waals surface area contributed by atoms with Gasteiger partial charge in [-0.1, -0.05) is 36.4 Å². The highest BCUT2D eigenvalue weighted by molar-refractivity contribution is 6.11. The number of para-hydroxylation sites is 1. The first-order chi connectivity index (χ1) is 13.2. The Morgan fingerprint density at radius 3 is 2.54 bits per heavy atom. The second-order valence-electron chi connectivity index (χ2n) is 6.54. The number of benzene rings is 2. The summed E-state index contributed by atoms with van der Waals surface area (Å²) >= 11 is 0. The molecule has 1 aromatic heterocycles. The van der Waals surface area contributed by atoms with Gasteiger partial charge in [0.05, 0.1) is 12.0 Å². The molecule has 1 heterocycles. The van der Waals surface area contributed by atoms with E-state index in [1.54, 1.807) is 19.1 Å². The summed E-state index contributed by atoms with van der Waals surface area (Å²) in [4.78, 5) is 28.0. The standard InChI is InChI=1S/C21H18F3NO3/c1-12-19(16-8-3-4-9-17(16)25-12)20(27)13(2)28-18(26)11-14-6-5-7-15(10-14)21(22,23)24/h3-10,13,25H,11H2,1-2H3/t13-/m1/s1. The van der Waals surface area contributed by atoms with Gasteiger partial charge < -0.3 is 9.72 Å². The van der Waals surface area contributed by atoms with Crippen LogP contribution in [0.3, 0.4) is 0 Å². The molecule has 4 nitrogen and oxygen atoms in total. The van der Waals surface area contributed by atoms with E-state index in [1.807, 2.05) is 12.1 Å². The van der Waals surface area contributed by atoms with Gasteiger partial charge in [-0.25, -0.2) is 0 Å². The average Bonchev–Trinajstić information content (AvgIpc) is 2.96. The third kappa shape index (κ3) is 4.08. The smallest absolute Gasteiger partial charge is 0.416 e. The van der Waals surface area contributed by atoms with Crippen LogP contribution in [0.25, 0.3) is 10.9 Å². The van der Waals surface area contributed by atoms with Crippen molar-refractivity contribution in [3.8, 4) is 0 Å². The lowest BCUT2D eigenvalue weighted by molar-refractivity contribution is -0.145. The third-order valence-corrected chi connectivity index (χ3v) is 4.42. The number of carbonyl (C=O) groups excluding carboxylic acids is 2. The van der Waals surface area contributed by atoms with Crippen molar-refractivity contribution in [1.29, 1.82) is 0 Å². The number of aryl methyl sites for hydroxylation is 1. The van der Waals surface area contributed by atoms with Gasteiger partial charge in [-0.05, 0) is 31.5 Å². The van der Waals surface area contributed by atoms with Gasteiger partial charge in [-0.15, -0.1) is 0 Å². The lowest BCUT2D eigenvalue weighted by Gasteiger charge is -2.13. The van der Waals surface area contributed by atoms with E-state index in [0.717, 1.165) is 23.0 Å². The number of H-pyrrole nitrogens is 1. The van der Waals surface area contributed by atoms with E-state index >= 15 is 0 Å². The van der Waals surface area contributed by atoms with Crippen LogP contribution >= 0.6 is 0 Å². The Bertz CT molecular complexity index is 1040. The molecule has 146 valence electrons. The fourth-order valence-electron chi connectivity index (χ4n) is 3.11. The molecule has 0 saturated carbocycles. The number of aromatic amines is 1. The van der Waals surface area contributed by atoms with Crippen LogP contribution in [0.2, 0.25) is 0 Å². The number of Topliss-reactive ketones (excluding diaryl/α,β-unsaturated/α-hetero) is 1. The number of esters is 1. The zero-order chi connectivity index (χ0) is 20.5. The number of ketones is 1. The van der Waals surface area contributed by atoms with Crippen LogP contribution in [-0.4, -0.2) is 22.8 Å². The van der Waals surface area contributed by atoms with Gasteiger partial charge in [0, 0.05) is 22.2 Å². The summed E-state index contributed by atoms with van der Waals surface area (Å²) in [6.45, 7) is 3.21. The maximum Gasteiger partial charge on any atom is 0.416 e. The molecule has 0 unspecified atom stereocenters. The minimum Gasteiger partial charge on any atom is -0.454 e. The predicted octanol–water partition coefficient (Wildman–Crippen LogP) is 4.85. The highest BCUT2D eigenvalue weighted by Crippen LogP contribution is 2.29. The number of hydrogen-bond donors (Lipinski definition) is 1. The van der Waals surface area contributed by atoms with E-state index in [2.05, 4.69) is 4.98 Å². The fraction of sp³-hybridized carbons (Fsp3) is 0.238. The van der Waals surface area contributed by atoms with Gasteiger partial charge in [0.2, 0.25) is 5.78 Å². The van der Waals surface area contributed by atoms with Gasteiger partial charge >= 0.3 is 12.1 Å². The normalized spacial score (nSPS) is 12.8. The van der Waals surface area contributed by atoms with Crippen molar-refractivity contribution in [2.45, 2.75) is 32.5 Å². The predicted molar refractivity (Wildman–Crippen MR) is 98.1 cm³/mol. The van der Waals surface area contributed by atoms with Crippen molar-refractivity contribution >= 4 is 22.7 Å². The summed E-state index contributed by atoms with van der Waals surface area (Å²) in [5.41, 5.74) is 1.23. The van der Waals surface area contributed by atoms with Crippen LogP contribution in [0.1, 0.15) is 34.1 Å². The number of hydrogen-bond acceptors (Lipinski definition) is 3. The summed E-state index contributed by atoms with van der Waals surface area (Å²) in [7, 11) is 0. The largest absolute Gasteiger partial charge is 0.454 e. The molecule has 28 heavy (non-hydrogen) atoms. The first-order valence-electron chi connectivity index (χ1n) is 8.64. The van der Waals surface area contributed by atoms with Gasteiger partial charge in [0.15, 0.2) is 6.10 Å². The molecule has 0 aliphatic heterocycles. The summed E-state index contributed by atoms with van der Waals surface area (Å²) in [6, 6.07) is 11.7.